The molecular weight excluding hydrogens is 382 g/mol. The molecule has 0 saturated heterocycles. The third kappa shape index (κ3) is 5.99. The first-order valence-electron chi connectivity index (χ1n) is 10.6. The first-order valence-corrected chi connectivity index (χ1v) is 10.6. The number of anilines is 1. The lowest BCUT2D eigenvalue weighted by molar-refractivity contribution is 0.0211. The van der Waals surface area contributed by atoms with Gasteiger partial charge in [0.15, 0.2) is 0 Å². The predicted molar refractivity (Wildman–Crippen MR) is 115 cm³/mol. The van der Waals surface area contributed by atoms with E-state index in [9.17, 15) is 9.59 Å². The van der Waals surface area contributed by atoms with Gasteiger partial charge in [-0.05, 0) is 75.9 Å². The minimum absolute atomic E-state index is 0.0165. The van der Waals surface area contributed by atoms with E-state index >= 15 is 0 Å². The predicted octanol–water partition coefficient (Wildman–Crippen LogP) is 5.23. The molecule has 30 heavy (non-hydrogen) atoms. The Morgan fingerprint density at radius 1 is 0.867 bits per heavy atom. The maximum atomic E-state index is 12.7. The molecule has 0 heterocycles. The Kier molecular flexibility index (Phi) is 7.71. The van der Waals surface area contributed by atoms with Crippen LogP contribution in [0.3, 0.4) is 0 Å². The van der Waals surface area contributed by atoms with Crippen LogP contribution in [0, 0.1) is 0 Å². The minimum atomic E-state index is -0.314. The van der Waals surface area contributed by atoms with Gasteiger partial charge in [0.05, 0.1) is 18.8 Å². The summed E-state index contributed by atoms with van der Waals surface area (Å²) in [5, 5.41) is 2.84. The van der Waals surface area contributed by atoms with Gasteiger partial charge in [0.25, 0.3) is 5.91 Å². The largest absolute Gasteiger partial charge is 0.494 e. The Bertz CT molecular complexity index is 832. The topological polar surface area (TPSA) is 73.9 Å². The number of hydrogen-bond donors (Lipinski definition) is 1. The molecule has 0 atom stereocenters. The monoisotopic (exact) mass is 411 g/mol. The first-order chi connectivity index (χ1) is 14.6. The number of benzene rings is 2. The first kappa shape index (κ1) is 21.7. The summed E-state index contributed by atoms with van der Waals surface area (Å²) in [6, 6.07) is 11.9. The van der Waals surface area contributed by atoms with Crippen molar-refractivity contribution < 1.29 is 23.8 Å². The van der Waals surface area contributed by atoms with Gasteiger partial charge in [0, 0.05) is 17.3 Å². The number of esters is 1. The van der Waals surface area contributed by atoms with Gasteiger partial charge in [-0.2, -0.15) is 0 Å². The van der Waals surface area contributed by atoms with Crippen LogP contribution in [0.15, 0.2) is 42.5 Å². The number of nitrogens with one attached hydrogen (secondary N) is 1. The number of carbonyl (C=O) groups is 2. The number of hydrogen-bond acceptors (Lipinski definition) is 5. The third-order valence-corrected chi connectivity index (χ3v) is 4.97. The second-order valence-corrected chi connectivity index (χ2v) is 7.26. The highest BCUT2D eigenvalue weighted by atomic mass is 16.5. The molecule has 1 N–H and O–H groups in total. The Labute approximate surface area is 177 Å². The van der Waals surface area contributed by atoms with E-state index in [1.165, 1.54) is 6.42 Å². The van der Waals surface area contributed by atoms with Crippen LogP contribution in [0.1, 0.15) is 66.7 Å². The normalized spacial score (nSPS) is 14.1. The van der Waals surface area contributed by atoms with Crippen LogP contribution in [-0.2, 0) is 4.74 Å². The van der Waals surface area contributed by atoms with E-state index in [4.69, 9.17) is 14.2 Å². The van der Waals surface area contributed by atoms with Gasteiger partial charge in [0.2, 0.25) is 0 Å². The average molecular weight is 411 g/mol. The van der Waals surface area contributed by atoms with Crippen LogP contribution in [0.25, 0.3) is 0 Å². The van der Waals surface area contributed by atoms with Gasteiger partial charge in [-0.25, -0.2) is 4.79 Å². The molecule has 160 valence electrons. The fourth-order valence-electron chi connectivity index (χ4n) is 3.50. The number of rotatable bonds is 8. The lowest BCUT2D eigenvalue weighted by Gasteiger charge is -2.21. The Hall–Kier alpha value is -3.02. The van der Waals surface area contributed by atoms with Crippen LogP contribution in [-0.4, -0.2) is 31.2 Å². The molecule has 2 aromatic carbocycles. The van der Waals surface area contributed by atoms with E-state index in [-0.39, 0.29) is 18.0 Å². The molecule has 1 amide bonds. The zero-order valence-corrected chi connectivity index (χ0v) is 17.6. The van der Waals surface area contributed by atoms with Crippen molar-refractivity contribution in [1.29, 1.82) is 0 Å². The van der Waals surface area contributed by atoms with Gasteiger partial charge in [0.1, 0.15) is 17.6 Å². The fraction of sp³-hybridized carbons (Fsp3) is 0.417. The highest BCUT2D eigenvalue weighted by molar-refractivity contribution is 6.05. The van der Waals surface area contributed by atoms with Crippen LogP contribution in [0.2, 0.25) is 0 Å². The molecule has 1 aliphatic rings. The summed E-state index contributed by atoms with van der Waals surface area (Å²) in [6.45, 7) is 4.76. The van der Waals surface area contributed by atoms with E-state index in [1.54, 1.807) is 42.5 Å². The van der Waals surface area contributed by atoms with Crippen molar-refractivity contribution >= 4 is 17.6 Å². The molecule has 1 aliphatic carbocycles. The van der Waals surface area contributed by atoms with Crippen molar-refractivity contribution in [3.05, 3.63) is 53.6 Å². The molecular formula is C24H29NO5. The van der Waals surface area contributed by atoms with E-state index in [0.717, 1.165) is 25.7 Å². The summed E-state index contributed by atoms with van der Waals surface area (Å²) in [6.07, 6.45) is 5.32. The van der Waals surface area contributed by atoms with Crippen LogP contribution >= 0.6 is 0 Å². The van der Waals surface area contributed by atoms with E-state index in [0.29, 0.717) is 41.5 Å². The molecule has 0 spiro atoms. The van der Waals surface area contributed by atoms with Gasteiger partial charge < -0.3 is 19.5 Å². The smallest absolute Gasteiger partial charge is 0.338 e. The quantitative estimate of drug-likeness (QED) is 0.603. The number of carbonyl (C=O) groups excluding carboxylic acids is 2. The summed E-state index contributed by atoms with van der Waals surface area (Å²) in [5.74, 6) is 0.560. The van der Waals surface area contributed by atoms with Crippen molar-refractivity contribution in [2.24, 2.45) is 0 Å². The van der Waals surface area contributed by atoms with Crippen LogP contribution < -0.4 is 14.8 Å². The van der Waals surface area contributed by atoms with E-state index in [2.05, 4.69) is 5.32 Å². The summed E-state index contributed by atoms with van der Waals surface area (Å²) in [7, 11) is 0. The summed E-state index contributed by atoms with van der Waals surface area (Å²) in [5.41, 5.74) is 1.51. The fourth-order valence-corrected chi connectivity index (χ4v) is 3.50. The van der Waals surface area contributed by atoms with Gasteiger partial charge in [-0.1, -0.05) is 6.42 Å². The molecule has 0 radical (unpaired) electrons. The van der Waals surface area contributed by atoms with Gasteiger partial charge in [-0.15, -0.1) is 0 Å². The zero-order chi connectivity index (χ0) is 21.3. The molecule has 0 unspecified atom stereocenters. The molecule has 0 aliphatic heterocycles. The lowest BCUT2D eigenvalue weighted by atomic mass is 9.98. The standard InChI is InChI=1S/C24H29NO5/c1-3-28-21-14-18(15-22(16-21)29-4-2)23(26)25-19-12-10-17(11-13-19)24(27)30-20-8-6-5-7-9-20/h10-16,20H,3-9H2,1-2H3,(H,25,26). The van der Waals surface area contributed by atoms with Gasteiger partial charge in [-0.3, -0.25) is 4.79 Å². The average Bonchev–Trinajstić information content (AvgIpc) is 2.75. The minimum Gasteiger partial charge on any atom is -0.494 e. The van der Waals surface area contributed by atoms with E-state index in [1.807, 2.05) is 13.8 Å². The maximum Gasteiger partial charge on any atom is 0.338 e. The molecule has 1 fully saturated rings. The Balaban J connectivity index is 1.64. The van der Waals surface area contributed by atoms with Crippen molar-refractivity contribution in [1.82, 2.24) is 0 Å². The highest BCUT2D eigenvalue weighted by Gasteiger charge is 2.19. The Morgan fingerprint density at radius 3 is 2.03 bits per heavy atom. The van der Waals surface area contributed by atoms with Crippen LogP contribution in [0.4, 0.5) is 5.69 Å². The number of ether oxygens (including phenoxy) is 3. The third-order valence-electron chi connectivity index (χ3n) is 4.97. The second-order valence-electron chi connectivity index (χ2n) is 7.26. The summed E-state index contributed by atoms with van der Waals surface area (Å²) < 4.78 is 16.6. The highest BCUT2D eigenvalue weighted by Crippen LogP contribution is 2.25. The molecule has 6 heteroatoms. The molecule has 0 bridgehead atoms. The Morgan fingerprint density at radius 2 is 1.47 bits per heavy atom. The number of amides is 1. The van der Waals surface area contributed by atoms with E-state index < -0.39 is 0 Å². The van der Waals surface area contributed by atoms with Crippen LogP contribution in [0.5, 0.6) is 11.5 Å². The lowest BCUT2D eigenvalue weighted by Crippen LogP contribution is -2.21. The second kappa shape index (κ2) is 10.7. The zero-order valence-electron chi connectivity index (χ0n) is 17.6. The van der Waals surface area contributed by atoms with Crippen molar-refractivity contribution in [2.45, 2.75) is 52.1 Å². The van der Waals surface area contributed by atoms with Crippen molar-refractivity contribution in [3.63, 3.8) is 0 Å². The summed E-state index contributed by atoms with van der Waals surface area (Å²) in [4.78, 5) is 25.0. The maximum absolute atomic E-state index is 12.7. The van der Waals surface area contributed by atoms with Crippen molar-refractivity contribution in [2.75, 3.05) is 18.5 Å². The molecule has 3 rings (SSSR count). The molecule has 6 nitrogen and oxygen atoms in total. The van der Waals surface area contributed by atoms with Crippen molar-refractivity contribution in [3.8, 4) is 11.5 Å². The molecule has 0 aromatic heterocycles. The molecule has 2 aromatic rings. The van der Waals surface area contributed by atoms with Gasteiger partial charge >= 0.3 is 5.97 Å². The summed E-state index contributed by atoms with van der Waals surface area (Å²) >= 11 is 0. The molecule has 1 saturated carbocycles. The SMILES string of the molecule is CCOc1cc(OCC)cc(C(=O)Nc2ccc(C(=O)OC3CCCCC3)cc2)c1.